The highest BCUT2D eigenvalue weighted by Crippen LogP contribution is 1.91. The maximum absolute atomic E-state index is 9.85. The molecule has 0 saturated carbocycles. The smallest absolute Gasteiger partial charge is 0.328 e. The molecule has 0 saturated heterocycles. The summed E-state index contributed by atoms with van der Waals surface area (Å²) in [5, 5.41) is 25.1. The Bertz CT molecular complexity index is 130. The Morgan fingerprint density at radius 1 is 1.60 bits per heavy atom. The summed E-state index contributed by atoms with van der Waals surface area (Å²) in [6.07, 6.45) is 1.28. The molecule has 10 heavy (non-hydrogen) atoms. The molecule has 4 nitrogen and oxygen atoms in total. The quantitative estimate of drug-likeness (QED) is 0.461. The summed E-state index contributed by atoms with van der Waals surface area (Å²) >= 11 is 0. The van der Waals surface area contributed by atoms with Gasteiger partial charge in [-0.25, -0.2) is 4.79 Å². The van der Waals surface area contributed by atoms with E-state index in [1.54, 1.807) is 0 Å². The number of aliphatic hydroxyl groups excluding tert-OH is 2. The lowest BCUT2D eigenvalue weighted by atomic mass is 10.2. The van der Waals surface area contributed by atoms with Gasteiger partial charge in [-0.3, -0.25) is 0 Å². The van der Waals surface area contributed by atoms with E-state index in [-0.39, 0.29) is 13.0 Å². The number of carboxylic acids is 1. The first-order chi connectivity index (χ1) is 4.66. The zero-order valence-corrected chi connectivity index (χ0v) is 5.40. The second-order valence-corrected chi connectivity index (χ2v) is 1.78. The largest absolute Gasteiger partial charge is 0.478 e. The van der Waals surface area contributed by atoms with E-state index in [4.69, 9.17) is 15.3 Å². The highest BCUT2D eigenvalue weighted by molar-refractivity contribution is 5.79. The van der Waals surface area contributed by atoms with E-state index in [0.717, 1.165) is 12.2 Å². The second kappa shape index (κ2) is 4.96. The predicted molar refractivity (Wildman–Crippen MR) is 34.5 cm³/mol. The summed E-state index contributed by atoms with van der Waals surface area (Å²) in [6, 6.07) is 0. The third kappa shape index (κ3) is 5.27. The lowest BCUT2D eigenvalue weighted by molar-refractivity contribution is -0.131. The van der Waals surface area contributed by atoms with Crippen molar-refractivity contribution in [1.29, 1.82) is 0 Å². The first-order valence-electron chi connectivity index (χ1n) is 2.87. The standard InChI is InChI=1S/C6H10O4/c7-4-3-5(8)1-2-6(9)10/h1-2,5,7-8H,3-4H2,(H,9,10)/b2-1+. The molecule has 1 atom stereocenters. The van der Waals surface area contributed by atoms with E-state index in [1.165, 1.54) is 0 Å². The zero-order chi connectivity index (χ0) is 7.98. The molecule has 0 heterocycles. The van der Waals surface area contributed by atoms with Gasteiger partial charge in [-0.2, -0.15) is 0 Å². The van der Waals surface area contributed by atoms with Gasteiger partial charge in [-0.1, -0.05) is 0 Å². The van der Waals surface area contributed by atoms with Crippen molar-refractivity contribution in [2.45, 2.75) is 12.5 Å². The minimum absolute atomic E-state index is 0.148. The Hall–Kier alpha value is -0.870. The maximum atomic E-state index is 9.85. The van der Waals surface area contributed by atoms with E-state index < -0.39 is 12.1 Å². The first-order valence-corrected chi connectivity index (χ1v) is 2.87. The number of aliphatic hydroxyl groups is 2. The molecule has 0 aromatic rings. The van der Waals surface area contributed by atoms with Crippen molar-refractivity contribution in [2.75, 3.05) is 6.61 Å². The van der Waals surface area contributed by atoms with Crippen LogP contribution in [-0.2, 0) is 4.79 Å². The molecule has 0 aliphatic heterocycles. The molecule has 3 N–H and O–H groups in total. The molecule has 4 heteroatoms. The van der Waals surface area contributed by atoms with Crippen molar-refractivity contribution >= 4 is 5.97 Å². The summed E-state index contributed by atoms with van der Waals surface area (Å²) in [5.74, 6) is -1.10. The van der Waals surface area contributed by atoms with E-state index in [2.05, 4.69) is 0 Å². The van der Waals surface area contributed by atoms with Gasteiger partial charge in [0.1, 0.15) is 0 Å². The second-order valence-electron chi connectivity index (χ2n) is 1.78. The fourth-order valence-electron chi connectivity index (χ4n) is 0.422. The molecule has 0 bridgehead atoms. The SMILES string of the molecule is O=C(O)/C=C/C(O)CCO. The minimum Gasteiger partial charge on any atom is -0.478 e. The van der Waals surface area contributed by atoms with Crippen LogP contribution in [0, 0.1) is 0 Å². The first kappa shape index (κ1) is 9.13. The van der Waals surface area contributed by atoms with Crippen molar-refractivity contribution in [3.63, 3.8) is 0 Å². The molecule has 0 aromatic carbocycles. The third-order valence-electron chi connectivity index (χ3n) is 0.886. The molecule has 0 spiro atoms. The van der Waals surface area contributed by atoms with Gasteiger partial charge in [-0.05, 0) is 12.5 Å². The Morgan fingerprint density at radius 2 is 2.20 bits per heavy atom. The molecule has 0 fully saturated rings. The highest BCUT2D eigenvalue weighted by Gasteiger charge is 1.96. The molecule has 0 rings (SSSR count). The van der Waals surface area contributed by atoms with E-state index in [0.29, 0.717) is 0 Å². The van der Waals surface area contributed by atoms with Gasteiger partial charge in [0.05, 0.1) is 6.10 Å². The maximum Gasteiger partial charge on any atom is 0.328 e. The van der Waals surface area contributed by atoms with Gasteiger partial charge in [0.25, 0.3) is 0 Å². The van der Waals surface area contributed by atoms with Gasteiger partial charge in [0.15, 0.2) is 0 Å². The molecule has 0 radical (unpaired) electrons. The van der Waals surface area contributed by atoms with Crippen molar-refractivity contribution in [3.8, 4) is 0 Å². The topological polar surface area (TPSA) is 77.8 Å². The van der Waals surface area contributed by atoms with Crippen LogP contribution < -0.4 is 0 Å². The van der Waals surface area contributed by atoms with Gasteiger partial charge < -0.3 is 15.3 Å². The molecule has 58 valence electrons. The van der Waals surface area contributed by atoms with E-state index in [9.17, 15) is 4.79 Å². The van der Waals surface area contributed by atoms with Crippen molar-refractivity contribution < 1.29 is 20.1 Å². The molecule has 1 unspecified atom stereocenters. The highest BCUT2D eigenvalue weighted by atomic mass is 16.4. The Balaban J connectivity index is 3.55. The van der Waals surface area contributed by atoms with Crippen LogP contribution in [0.4, 0.5) is 0 Å². The number of hydrogen-bond donors (Lipinski definition) is 3. The van der Waals surface area contributed by atoms with Gasteiger partial charge in [0, 0.05) is 12.7 Å². The van der Waals surface area contributed by atoms with Crippen LogP contribution in [0.3, 0.4) is 0 Å². The molecule has 0 aromatic heterocycles. The lowest BCUT2D eigenvalue weighted by Crippen LogP contribution is -2.05. The minimum atomic E-state index is -1.10. The van der Waals surface area contributed by atoms with Crippen LogP contribution in [0.2, 0.25) is 0 Å². The summed E-state index contributed by atoms with van der Waals surface area (Å²) in [5.41, 5.74) is 0. The van der Waals surface area contributed by atoms with Crippen LogP contribution in [-0.4, -0.2) is 34.0 Å². The average Bonchev–Trinajstić information content (AvgIpc) is 1.85. The lowest BCUT2D eigenvalue weighted by Gasteiger charge is -1.98. The summed E-state index contributed by atoms with van der Waals surface area (Å²) in [6.45, 7) is -0.148. The van der Waals surface area contributed by atoms with Gasteiger partial charge in [0.2, 0.25) is 0 Å². The summed E-state index contributed by atoms with van der Waals surface area (Å²) in [7, 11) is 0. The fourth-order valence-corrected chi connectivity index (χ4v) is 0.422. The van der Waals surface area contributed by atoms with Crippen LogP contribution in [0.1, 0.15) is 6.42 Å². The predicted octanol–water partition coefficient (Wildman–Crippen LogP) is -0.629. The summed E-state index contributed by atoms with van der Waals surface area (Å²) < 4.78 is 0. The summed E-state index contributed by atoms with van der Waals surface area (Å²) in [4.78, 5) is 9.85. The number of rotatable bonds is 4. The van der Waals surface area contributed by atoms with Crippen molar-refractivity contribution in [3.05, 3.63) is 12.2 Å². The monoisotopic (exact) mass is 146 g/mol. The fraction of sp³-hybridized carbons (Fsp3) is 0.500. The number of hydrogen-bond acceptors (Lipinski definition) is 3. The van der Waals surface area contributed by atoms with Crippen LogP contribution in [0.15, 0.2) is 12.2 Å². The number of carboxylic acid groups (broad SMARTS) is 1. The molecule has 0 aliphatic rings. The Labute approximate surface area is 58.4 Å². The number of aliphatic carboxylic acids is 1. The van der Waals surface area contributed by atoms with Gasteiger partial charge >= 0.3 is 5.97 Å². The molecule has 0 aliphatic carbocycles. The zero-order valence-electron chi connectivity index (χ0n) is 5.40. The third-order valence-corrected chi connectivity index (χ3v) is 0.886. The molecular formula is C6H10O4. The van der Waals surface area contributed by atoms with Crippen LogP contribution in [0.25, 0.3) is 0 Å². The van der Waals surface area contributed by atoms with Crippen LogP contribution in [0.5, 0.6) is 0 Å². The van der Waals surface area contributed by atoms with Gasteiger partial charge in [-0.15, -0.1) is 0 Å². The van der Waals surface area contributed by atoms with Crippen molar-refractivity contribution in [2.24, 2.45) is 0 Å². The van der Waals surface area contributed by atoms with E-state index >= 15 is 0 Å². The molecular weight excluding hydrogens is 136 g/mol. The Kier molecular flexibility index (Phi) is 4.53. The molecule has 0 amide bonds. The van der Waals surface area contributed by atoms with Crippen molar-refractivity contribution in [1.82, 2.24) is 0 Å². The number of carbonyl (C=O) groups is 1. The average molecular weight is 146 g/mol. The normalized spacial score (nSPS) is 13.8. The van der Waals surface area contributed by atoms with Crippen LogP contribution >= 0.6 is 0 Å². The Morgan fingerprint density at radius 3 is 2.60 bits per heavy atom. The van der Waals surface area contributed by atoms with E-state index in [1.807, 2.05) is 0 Å².